The lowest BCUT2D eigenvalue weighted by Crippen LogP contribution is -2.44. The van der Waals surface area contributed by atoms with E-state index in [0.717, 1.165) is 5.56 Å². The third kappa shape index (κ3) is 10.3. The fourth-order valence-corrected chi connectivity index (χ4v) is 2.00. The van der Waals surface area contributed by atoms with Crippen LogP contribution >= 0.6 is 0 Å². The SMILES string of the molecule is CC(C)=C\C=C/C=N/N=C(\C)C(COCc1ccccc1)NC(=O)C(C)C. The molecule has 0 bridgehead atoms. The van der Waals surface area contributed by atoms with Crippen molar-refractivity contribution in [1.82, 2.24) is 5.32 Å². The fourth-order valence-electron chi connectivity index (χ4n) is 2.00. The molecule has 0 aliphatic carbocycles. The molecule has 0 saturated carbocycles. The van der Waals surface area contributed by atoms with Crippen LogP contribution in [0.1, 0.15) is 40.2 Å². The van der Waals surface area contributed by atoms with Crippen molar-refractivity contribution in [3.8, 4) is 0 Å². The summed E-state index contributed by atoms with van der Waals surface area (Å²) in [4.78, 5) is 12.1. The van der Waals surface area contributed by atoms with Crippen molar-refractivity contribution in [2.75, 3.05) is 6.61 Å². The quantitative estimate of drug-likeness (QED) is 0.379. The van der Waals surface area contributed by atoms with Crippen LogP contribution in [0.2, 0.25) is 0 Å². The van der Waals surface area contributed by atoms with Crippen LogP contribution in [0.4, 0.5) is 0 Å². The van der Waals surface area contributed by atoms with Gasteiger partial charge in [0.25, 0.3) is 0 Å². The lowest BCUT2D eigenvalue weighted by atomic mass is 10.1. The van der Waals surface area contributed by atoms with E-state index in [4.69, 9.17) is 4.74 Å². The predicted octanol–water partition coefficient (Wildman–Crippen LogP) is 4.31. The zero-order chi connectivity index (χ0) is 20.1. The number of rotatable bonds is 10. The number of carbonyl (C=O) groups is 1. The topological polar surface area (TPSA) is 63.1 Å². The molecule has 5 heteroatoms. The molecular weight excluding hydrogens is 338 g/mol. The minimum Gasteiger partial charge on any atom is -0.374 e. The van der Waals surface area contributed by atoms with E-state index < -0.39 is 0 Å². The highest BCUT2D eigenvalue weighted by atomic mass is 16.5. The molecule has 0 radical (unpaired) electrons. The molecule has 1 amide bonds. The largest absolute Gasteiger partial charge is 0.374 e. The van der Waals surface area contributed by atoms with Gasteiger partial charge in [-0.1, -0.05) is 61.9 Å². The molecule has 5 nitrogen and oxygen atoms in total. The van der Waals surface area contributed by atoms with Crippen molar-refractivity contribution in [2.24, 2.45) is 16.1 Å². The average molecular weight is 370 g/mol. The Morgan fingerprint density at radius 2 is 1.85 bits per heavy atom. The molecule has 1 aromatic rings. The lowest BCUT2D eigenvalue weighted by Gasteiger charge is -2.19. The van der Waals surface area contributed by atoms with Crippen molar-refractivity contribution in [3.05, 3.63) is 59.7 Å². The van der Waals surface area contributed by atoms with Gasteiger partial charge in [-0.3, -0.25) is 4.79 Å². The van der Waals surface area contributed by atoms with Crippen LogP contribution in [0.5, 0.6) is 0 Å². The molecule has 1 atom stereocenters. The van der Waals surface area contributed by atoms with E-state index in [9.17, 15) is 4.79 Å². The normalized spacial score (nSPS) is 13.3. The van der Waals surface area contributed by atoms with Crippen LogP contribution in [0.3, 0.4) is 0 Å². The number of amides is 1. The zero-order valence-corrected chi connectivity index (χ0v) is 17.0. The maximum Gasteiger partial charge on any atom is 0.223 e. The highest BCUT2D eigenvalue weighted by molar-refractivity contribution is 5.92. The smallest absolute Gasteiger partial charge is 0.223 e. The van der Waals surface area contributed by atoms with Crippen LogP contribution in [-0.2, 0) is 16.1 Å². The van der Waals surface area contributed by atoms with Gasteiger partial charge in [0, 0.05) is 12.1 Å². The molecule has 1 rings (SSSR count). The summed E-state index contributed by atoms with van der Waals surface area (Å²) < 4.78 is 5.79. The molecule has 0 saturated heterocycles. The van der Waals surface area contributed by atoms with Crippen molar-refractivity contribution in [1.29, 1.82) is 0 Å². The molecule has 146 valence electrons. The first kappa shape index (κ1) is 22.5. The fraction of sp³-hybridized carbons (Fsp3) is 0.409. The molecule has 1 N–H and O–H groups in total. The standard InChI is InChI=1S/C22H31N3O2/c1-17(2)11-9-10-14-23-25-19(5)21(24-22(26)18(3)4)16-27-15-20-12-7-6-8-13-20/h6-14,18,21H,15-16H2,1-5H3,(H,24,26)/b10-9-,23-14+,25-19+. The lowest BCUT2D eigenvalue weighted by molar-refractivity contribution is -0.124. The number of ether oxygens (including phenoxy) is 1. The number of hydrogen-bond acceptors (Lipinski definition) is 4. The van der Waals surface area contributed by atoms with Gasteiger partial charge in [-0.05, 0) is 32.4 Å². The van der Waals surface area contributed by atoms with E-state index in [1.54, 1.807) is 6.21 Å². The van der Waals surface area contributed by atoms with Gasteiger partial charge in [-0.2, -0.15) is 10.2 Å². The first-order valence-electron chi connectivity index (χ1n) is 9.20. The van der Waals surface area contributed by atoms with Gasteiger partial charge in [0.15, 0.2) is 0 Å². The Labute approximate surface area is 162 Å². The van der Waals surface area contributed by atoms with Crippen LogP contribution in [0.25, 0.3) is 0 Å². The van der Waals surface area contributed by atoms with E-state index >= 15 is 0 Å². The van der Waals surface area contributed by atoms with E-state index in [-0.39, 0.29) is 17.9 Å². The number of allylic oxidation sites excluding steroid dienone is 4. The Bertz CT molecular complexity index is 685. The molecule has 0 fully saturated rings. The molecule has 0 aliphatic rings. The summed E-state index contributed by atoms with van der Waals surface area (Å²) in [6.45, 7) is 10.4. The van der Waals surface area contributed by atoms with E-state index in [1.165, 1.54) is 5.57 Å². The van der Waals surface area contributed by atoms with Gasteiger partial charge in [0.2, 0.25) is 5.91 Å². The van der Waals surface area contributed by atoms with E-state index in [1.807, 2.05) is 83.2 Å². The number of benzene rings is 1. The van der Waals surface area contributed by atoms with Crippen LogP contribution in [-0.4, -0.2) is 30.5 Å². The second-order valence-corrected chi connectivity index (χ2v) is 6.85. The van der Waals surface area contributed by atoms with Crippen molar-refractivity contribution < 1.29 is 9.53 Å². The number of carbonyl (C=O) groups excluding carboxylic acids is 1. The second kappa shape index (κ2) is 12.8. The molecule has 27 heavy (non-hydrogen) atoms. The summed E-state index contributed by atoms with van der Waals surface area (Å²) in [5.41, 5.74) is 3.00. The molecule has 0 aliphatic heterocycles. The Hall–Kier alpha value is -2.53. The van der Waals surface area contributed by atoms with Crippen LogP contribution in [0, 0.1) is 5.92 Å². The first-order valence-corrected chi connectivity index (χ1v) is 9.20. The second-order valence-electron chi connectivity index (χ2n) is 6.85. The Morgan fingerprint density at radius 3 is 2.48 bits per heavy atom. The minimum absolute atomic E-state index is 0.0368. The van der Waals surface area contributed by atoms with Gasteiger partial charge in [-0.25, -0.2) is 0 Å². The summed E-state index contributed by atoms with van der Waals surface area (Å²) >= 11 is 0. The summed E-state index contributed by atoms with van der Waals surface area (Å²) in [5.74, 6) is -0.143. The molecular formula is C22H31N3O2. The third-order valence-electron chi connectivity index (χ3n) is 3.65. The van der Waals surface area contributed by atoms with E-state index in [2.05, 4.69) is 15.5 Å². The highest BCUT2D eigenvalue weighted by Crippen LogP contribution is 2.03. The Kier molecular flexibility index (Phi) is 10.6. The number of nitrogens with one attached hydrogen (secondary N) is 1. The Morgan fingerprint density at radius 1 is 1.15 bits per heavy atom. The number of hydrogen-bond donors (Lipinski definition) is 1. The van der Waals surface area contributed by atoms with E-state index in [0.29, 0.717) is 18.9 Å². The minimum atomic E-state index is -0.317. The van der Waals surface area contributed by atoms with Gasteiger partial charge in [-0.15, -0.1) is 0 Å². The van der Waals surface area contributed by atoms with Crippen molar-refractivity contribution in [2.45, 2.75) is 47.3 Å². The highest BCUT2D eigenvalue weighted by Gasteiger charge is 2.18. The third-order valence-corrected chi connectivity index (χ3v) is 3.65. The maximum atomic E-state index is 12.1. The van der Waals surface area contributed by atoms with Crippen molar-refractivity contribution in [3.63, 3.8) is 0 Å². The summed E-state index contributed by atoms with van der Waals surface area (Å²) in [6, 6.07) is 9.61. The predicted molar refractivity (Wildman–Crippen MR) is 113 cm³/mol. The molecule has 0 spiro atoms. The molecule has 1 unspecified atom stereocenters. The summed E-state index contributed by atoms with van der Waals surface area (Å²) in [7, 11) is 0. The van der Waals surface area contributed by atoms with Crippen molar-refractivity contribution >= 4 is 17.8 Å². The average Bonchev–Trinajstić information content (AvgIpc) is 2.64. The van der Waals surface area contributed by atoms with Gasteiger partial charge < -0.3 is 10.1 Å². The summed E-state index contributed by atoms with van der Waals surface area (Å²) in [5, 5.41) is 11.2. The number of nitrogens with zero attached hydrogens (tertiary/aromatic N) is 2. The van der Waals surface area contributed by atoms with Gasteiger partial charge in [0.1, 0.15) is 0 Å². The first-order chi connectivity index (χ1) is 12.9. The zero-order valence-electron chi connectivity index (χ0n) is 17.0. The maximum absolute atomic E-state index is 12.1. The molecule has 0 heterocycles. The van der Waals surface area contributed by atoms with Gasteiger partial charge in [0.05, 0.1) is 25.0 Å². The van der Waals surface area contributed by atoms with Gasteiger partial charge >= 0.3 is 0 Å². The van der Waals surface area contributed by atoms with Crippen LogP contribution in [0.15, 0.2) is 64.3 Å². The molecule has 1 aromatic carbocycles. The summed E-state index contributed by atoms with van der Waals surface area (Å²) in [6.07, 6.45) is 7.34. The van der Waals surface area contributed by atoms with Crippen LogP contribution < -0.4 is 5.32 Å². The molecule has 0 aromatic heterocycles. The monoisotopic (exact) mass is 369 g/mol. The Balaban J connectivity index is 2.69.